The van der Waals surface area contributed by atoms with E-state index in [2.05, 4.69) is 9.80 Å². The lowest BCUT2D eigenvalue weighted by atomic mass is 10.2. The highest BCUT2D eigenvalue weighted by Crippen LogP contribution is 2.20. The van der Waals surface area contributed by atoms with Crippen LogP contribution in [0.2, 0.25) is 0 Å². The maximum absolute atomic E-state index is 10.2. The highest BCUT2D eigenvalue weighted by molar-refractivity contribution is 5.27. The quantitative estimate of drug-likeness (QED) is 0.871. The Morgan fingerprint density at radius 3 is 2.86 bits per heavy atom. The van der Waals surface area contributed by atoms with Crippen LogP contribution in [0.4, 0.5) is 0 Å². The van der Waals surface area contributed by atoms with Crippen molar-refractivity contribution in [3.05, 3.63) is 29.8 Å². The summed E-state index contributed by atoms with van der Waals surface area (Å²) < 4.78 is 5.70. The highest BCUT2D eigenvalue weighted by Gasteiger charge is 2.29. The molecule has 2 unspecified atom stereocenters. The largest absolute Gasteiger partial charge is 0.491 e. The lowest BCUT2D eigenvalue weighted by Crippen LogP contribution is -2.38. The van der Waals surface area contributed by atoms with Crippen molar-refractivity contribution in [1.82, 2.24) is 9.80 Å². The van der Waals surface area contributed by atoms with Crippen molar-refractivity contribution in [3.8, 4) is 5.75 Å². The number of benzene rings is 1. The van der Waals surface area contributed by atoms with E-state index in [1.54, 1.807) is 0 Å². The van der Waals surface area contributed by atoms with E-state index in [0.717, 1.165) is 25.4 Å². The molecule has 0 radical (unpaired) electrons. The van der Waals surface area contributed by atoms with E-state index < -0.39 is 6.10 Å². The summed E-state index contributed by atoms with van der Waals surface area (Å²) in [5.74, 6) is 0.843. The van der Waals surface area contributed by atoms with Gasteiger partial charge in [-0.25, -0.2) is 0 Å². The normalized spacial score (nSPS) is 24.7. The molecular formula is C18H28N2O2. The van der Waals surface area contributed by atoms with E-state index >= 15 is 0 Å². The Hall–Kier alpha value is -1.10. The number of hydrogen-bond acceptors (Lipinski definition) is 4. The van der Waals surface area contributed by atoms with E-state index in [1.807, 2.05) is 31.2 Å². The minimum Gasteiger partial charge on any atom is -0.491 e. The number of ether oxygens (including phenoxy) is 1. The number of hydrogen-bond donors (Lipinski definition) is 1. The first-order valence-electron chi connectivity index (χ1n) is 8.54. The van der Waals surface area contributed by atoms with Gasteiger partial charge < -0.3 is 9.84 Å². The maximum atomic E-state index is 10.2. The van der Waals surface area contributed by atoms with Crippen LogP contribution in [-0.4, -0.2) is 66.4 Å². The third-order valence-electron chi connectivity index (χ3n) is 4.81. The van der Waals surface area contributed by atoms with E-state index in [-0.39, 0.29) is 0 Å². The molecule has 2 fully saturated rings. The van der Waals surface area contributed by atoms with Crippen LogP contribution in [0.15, 0.2) is 24.3 Å². The molecule has 4 nitrogen and oxygen atoms in total. The predicted octanol–water partition coefficient (Wildman–Crippen LogP) is 1.90. The van der Waals surface area contributed by atoms with Gasteiger partial charge in [-0.1, -0.05) is 12.1 Å². The molecule has 122 valence electrons. The summed E-state index contributed by atoms with van der Waals surface area (Å²) in [7, 11) is 0. The van der Waals surface area contributed by atoms with Crippen molar-refractivity contribution < 1.29 is 9.84 Å². The predicted molar refractivity (Wildman–Crippen MR) is 88.3 cm³/mol. The zero-order valence-electron chi connectivity index (χ0n) is 13.6. The van der Waals surface area contributed by atoms with Gasteiger partial charge in [0.05, 0.1) is 0 Å². The first kappa shape index (κ1) is 15.8. The van der Waals surface area contributed by atoms with E-state index in [9.17, 15) is 5.11 Å². The summed E-state index contributed by atoms with van der Waals surface area (Å²) >= 11 is 0. The fraction of sp³-hybridized carbons (Fsp3) is 0.667. The second kappa shape index (κ2) is 7.44. The summed E-state index contributed by atoms with van der Waals surface area (Å²) in [6.07, 6.45) is 3.52. The van der Waals surface area contributed by atoms with Gasteiger partial charge in [-0.05, 0) is 63.5 Å². The van der Waals surface area contributed by atoms with Gasteiger partial charge in [-0.2, -0.15) is 0 Å². The molecule has 0 amide bonds. The van der Waals surface area contributed by atoms with Crippen LogP contribution in [0.25, 0.3) is 0 Å². The SMILES string of the molecule is Cc1cccc(OCC(O)CN2CCC(N3CCCC3)C2)c1. The van der Waals surface area contributed by atoms with Gasteiger partial charge in [-0.3, -0.25) is 9.80 Å². The fourth-order valence-corrected chi connectivity index (χ4v) is 3.63. The molecule has 2 saturated heterocycles. The number of aryl methyl sites for hydroxylation is 1. The van der Waals surface area contributed by atoms with Crippen molar-refractivity contribution in [2.45, 2.75) is 38.3 Å². The van der Waals surface area contributed by atoms with Crippen LogP contribution < -0.4 is 4.74 Å². The molecule has 0 saturated carbocycles. The zero-order valence-corrected chi connectivity index (χ0v) is 13.6. The Labute approximate surface area is 133 Å². The molecule has 2 atom stereocenters. The van der Waals surface area contributed by atoms with Gasteiger partial charge in [0.25, 0.3) is 0 Å². The van der Waals surface area contributed by atoms with Crippen molar-refractivity contribution in [3.63, 3.8) is 0 Å². The Balaban J connectivity index is 1.39. The van der Waals surface area contributed by atoms with Crippen molar-refractivity contribution >= 4 is 0 Å². The molecule has 3 rings (SSSR count). The smallest absolute Gasteiger partial charge is 0.119 e. The highest BCUT2D eigenvalue weighted by atomic mass is 16.5. The minimum atomic E-state index is -0.419. The summed E-state index contributed by atoms with van der Waals surface area (Å²) in [5, 5.41) is 10.2. The third kappa shape index (κ3) is 4.22. The van der Waals surface area contributed by atoms with Gasteiger partial charge in [0.15, 0.2) is 0 Å². The van der Waals surface area contributed by atoms with Gasteiger partial charge in [0, 0.05) is 19.1 Å². The molecule has 0 aromatic heterocycles. The van der Waals surface area contributed by atoms with Gasteiger partial charge >= 0.3 is 0 Å². The molecule has 2 aliphatic rings. The Morgan fingerprint density at radius 2 is 2.09 bits per heavy atom. The summed E-state index contributed by atoms with van der Waals surface area (Å²) in [6, 6.07) is 8.68. The summed E-state index contributed by atoms with van der Waals surface area (Å²) in [5.41, 5.74) is 1.18. The number of rotatable bonds is 6. The molecule has 1 aromatic rings. The first-order valence-corrected chi connectivity index (χ1v) is 8.54. The van der Waals surface area contributed by atoms with E-state index in [0.29, 0.717) is 12.6 Å². The second-order valence-electron chi connectivity index (χ2n) is 6.73. The topological polar surface area (TPSA) is 35.9 Å². The van der Waals surface area contributed by atoms with Gasteiger partial charge in [0.2, 0.25) is 0 Å². The number of nitrogens with zero attached hydrogens (tertiary/aromatic N) is 2. The van der Waals surface area contributed by atoms with E-state index in [4.69, 9.17) is 4.74 Å². The van der Waals surface area contributed by atoms with Crippen molar-refractivity contribution in [2.75, 3.05) is 39.3 Å². The average molecular weight is 304 g/mol. The van der Waals surface area contributed by atoms with Gasteiger partial charge in [-0.15, -0.1) is 0 Å². The van der Waals surface area contributed by atoms with Crippen LogP contribution >= 0.6 is 0 Å². The first-order chi connectivity index (χ1) is 10.7. The standard InChI is InChI=1S/C18H28N2O2/c1-15-5-4-6-18(11-15)22-14-17(21)13-19-10-7-16(12-19)20-8-2-3-9-20/h4-6,11,16-17,21H,2-3,7-10,12-14H2,1H3. The molecule has 1 aromatic carbocycles. The number of aliphatic hydroxyl groups is 1. The van der Waals surface area contributed by atoms with Crippen LogP contribution in [0.5, 0.6) is 5.75 Å². The Bertz CT molecular complexity index is 474. The monoisotopic (exact) mass is 304 g/mol. The summed E-state index contributed by atoms with van der Waals surface area (Å²) in [4.78, 5) is 5.00. The molecule has 0 bridgehead atoms. The van der Waals surface area contributed by atoms with E-state index in [1.165, 1.54) is 37.9 Å². The van der Waals surface area contributed by atoms with Crippen LogP contribution in [-0.2, 0) is 0 Å². The van der Waals surface area contributed by atoms with Crippen molar-refractivity contribution in [2.24, 2.45) is 0 Å². The molecule has 22 heavy (non-hydrogen) atoms. The van der Waals surface area contributed by atoms with Crippen molar-refractivity contribution in [1.29, 1.82) is 0 Å². The Kier molecular flexibility index (Phi) is 5.34. The maximum Gasteiger partial charge on any atom is 0.119 e. The molecule has 4 heteroatoms. The Morgan fingerprint density at radius 1 is 1.27 bits per heavy atom. The zero-order chi connectivity index (χ0) is 15.4. The van der Waals surface area contributed by atoms with Crippen LogP contribution in [0.3, 0.4) is 0 Å². The van der Waals surface area contributed by atoms with Gasteiger partial charge in [0.1, 0.15) is 18.5 Å². The molecule has 0 aliphatic carbocycles. The number of likely N-dealkylation sites (tertiary alicyclic amines) is 2. The molecular weight excluding hydrogens is 276 g/mol. The third-order valence-corrected chi connectivity index (χ3v) is 4.81. The lowest BCUT2D eigenvalue weighted by Gasteiger charge is -2.24. The summed E-state index contributed by atoms with van der Waals surface area (Å²) in [6.45, 7) is 7.86. The molecule has 1 N–H and O–H groups in total. The molecule has 0 spiro atoms. The van der Waals surface area contributed by atoms with Crippen LogP contribution in [0.1, 0.15) is 24.8 Å². The second-order valence-corrected chi connectivity index (χ2v) is 6.73. The molecule has 2 aliphatic heterocycles. The molecule has 2 heterocycles. The van der Waals surface area contributed by atoms with Crippen LogP contribution in [0, 0.1) is 6.92 Å². The fourth-order valence-electron chi connectivity index (χ4n) is 3.63. The number of β-amino-alcohol motifs (C(OH)–C–C–N with tert-alkyl or cyclic N) is 1. The lowest BCUT2D eigenvalue weighted by molar-refractivity contribution is 0.0733. The average Bonchev–Trinajstić information content (AvgIpc) is 3.16. The minimum absolute atomic E-state index is 0.369. The number of aliphatic hydroxyl groups excluding tert-OH is 1.